The zero-order chi connectivity index (χ0) is 20.1. The lowest BCUT2D eigenvalue weighted by Crippen LogP contribution is -3.00. The Kier molecular flexibility index (Phi) is 8.96. The number of piperazine rings is 1. The van der Waals surface area contributed by atoms with Crippen LogP contribution in [-0.2, 0) is 14.8 Å². The van der Waals surface area contributed by atoms with E-state index in [1.165, 1.54) is 31.4 Å². The monoisotopic (exact) mass is 436 g/mol. The molecule has 0 bridgehead atoms. The number of nitrogens with zero attached hydrogens (tertiary/aromatic N) is 3. The molecule has 160 valence electrons. The van der Waals surface area contributed by atoms with Crippen molar-refractivity contribution in [2.24, 2.45) is 0 Å². The third kappa shape index (κ3) is 6.78. The molecule has 1 aliphatic heterocycles. The van der Waals surface area contributed by atoms with Gasteiger partial charge in [-0.25, -0.2) is 13.2 Å². The lowest BCUT2D eigenvalue weighted by molar-refractivity contribution is -0.913. The largest absolute Gasteiger partial charge is 1.00 e. The quantitative estimate of drug-likeness (QED) is 0.385. The van der Waals surface area contributed by atoms with Crippen molar-refractivity contribution in [3.63, 3.8) is 0 Å². The third-order valence-corrected chi connectivity index (χ3v) is 6.47. The molecule has 1 fully saturated rings. The highest BCUT2D eigenvalue weighted by Gasteiger charge is 2.28. The van der Waals surface area contributed by atoms with Crippen LogP contribution < -0.4 is 22.2 Å². The summed E-state index contributed by atoms with van der Waals surface area (Å²) in [7, 11) is 1.64. The Balaban J connectivity index is 0.00000392. The maximum Gasteiger partial charge on any atom is 0.411 e. The summed E-state index contributed by atoms with van der Waals surface area (Å²) in [5, 5.41) is 12.6. The van der Waals surface area contributed by atoms with Gasteiger partial charge in [0.05, 0.1) is 45.2 Å². The highest BCUT2D eigenvalue weighted by Crippen LogP contribution is 2.20. The van der Waals surface area contributed by atoms with Crippen molar-refractivity contribution >= 4 is 27.5 Å². The molecule has 28 heavy (non-hydrogen) atoms. The Morgan fingerprint density at radius 2 is 1.86 bits per heavy atom. The van der Waals surface area contributed by atoms with Crippen molar-refractivity contribution in [3.05, 3.63) is 24.3 Å². The average Bonchev–Trinajstić information content (AvgIpc) is 2.64. The van der Waals surface area contributed by atoms with E-state index in [1.54, 1.807) is 0 Å². The number of sulfonamides is 1. The molecule has 0 spiro atoms. The van der Waals surface area contributed by atoms with Crippen LogP contribution in [0.25, 0.3) is 0 Å². The predicted octanol–water partition coefficient (Wildman–Crippen LogP) is -1.82. The van der Waals surface area contributed by atoms with E-state index < -0.39 is 16.1 Å². The lowest BCUT2D eigenvalue weighted by Gasteiger charge is -2.41. The van der Waals surface area contributed by atoms with E-state index in [2.05, 4.69) is 29.0 Å². The minimum absolute atomic E-state index is 0. The van der Waals surface area contributed by atoms with E-state index in [4.69, 9.17) is 0 Å². The molecule has 1 aromatic carbocycles. The summed E-state index contributed by atoms with van der Waals surface area (Å²) in [6, 6.07) is 5.80. The Labute approximate surface area is 172 Å². The van der Waals surface area contributed by atoms with Gasteiger partial charge in [-0.05, 0) is 31.3 Å². The number of quaternary nitrogens is 1. The minimum atomic E-state index is -3.84. The number of ether oxygens (including phenoxy) is 1. The first-order valence-corrected chi connectivity index (χ1v) is 10.5. The van der Waals surface area contributed by atoms with Crippen molar-refractivity contribution in [2.75, 3.05) is 69.5 Å². The minimum Gasteiger partial charge on any atom is -1.00 e. The smallest absolute Gasteiger partial charge is 0.411 e. The van der Waals surface area contributed by atoms with Crippen LogP contribution in [0.5, 0.6) is 0 Å². The van der Waals surface area contributed by atoms with E-state index in [1.807, 2.05) is 0 Å². The van der Waals surface area contributed by atoms with Gasteiger partial charge in [-0.2, -0.15) is 0 Å². The number of amides is 1. The number of anilines is 2. The van der Waals surface area contributed by atoms with Crippen molar-refractivity contribution in [1.82, 2.24) is 4.90 Å². The molecule has 2 N–H and O–H groups in total. The highest BCUT2D eigenvalue weighted by molar-refractivity contribution is 7.92. The standard InChI is InChI=1S/C17H28N4O5S.ClH/c1-19-9-12-21(2,13-10-19)11-4-14-27(24,25)20(23)16-7-5-15(6-8-16)18-17(22)26-3;/h5-8,23H,4,9-14H2,1-3H3;1H. The van der Waals surface area contributed by atoms with Gasteiger partial charge in [0, 0.05) is 25.2 Å². The fraction of sp³-hybridized carbons (Fsp3) is 0.588. The van der Waals surface area contributed by atoms with Crippen LogP contribution in [0.15, 0.2) is 24.3 Å². The van der Waals surface area contributed by atoms with E-state index in [0.717, 1.165) is 37.2 Å². The summed E-state index contributed by atoms with van der Waals surface area (Å²) >= 11 is 0. The number of carbonyl (C=O) groups is 1. The summed E-state index contributed by atoms with van der Waals surface area (Å²) in [6.07, 6.45) is -0.154. The molecule has 1 heterocycles. The topological polar surface area (TPSA) is 99.2 Å². The van der Waals surface area contributed by atoms with E-state index in [9.17, 15) is 18.4 Å². The maximum absolute atomic E-state index is 12.4. The van der Waals surface area contributed by atoms with Crippen LogP contribution in [0.3, 0.4) is 0 Å². The number of likely N-dealkylation sites (N-methyl/N-ethyl adjacent to an activating group) is 2. The molecule has 1 aromatic rings. The molecule has 0 aliphatic carbocycles. The zero-order valence-corrected chi connectivity index (χ0v) is 18.0. The van der Waals surface area contributed by atoms with Gasteiger partial charge >= 0.3 is 6.09 Å². The van der Waals surface area contributed by atoms with E-state index >= 15 is 0 Å². The van der Waals surface area contributed by atoms with Gasteiger partial charge in [0.1, 0.15) is 0 Å². The van der Waals surface area contributed by atoms with E-state index in [-0.39, 0.29) is 23.8 Å². The number of halogens is 1. The molecular formula is C17H29ClN4O5S. The van der Waals surface area contributed by atoms with Crippen LogP contribution in [0.4, 0.5) is 16.2 Å². The Morgan fingerprint density at radius 1 is 1.29 bits per heavy atom. The van der Waals surface area contributed by atoms with Crippen LogP contribution >= 0.6 is 0 Å². The predicted molar refractivity (Wildman–Crippen MR) is 103 cm³/mol. The summed E-state index contributed by atoms with van der Waals surface area (Å²) in [5.41, 5.74) is 0.550. The van der Waals surface area contributed by atoms with Crippen LogP contribution in [0.2, 0.25) is 0 Å². The molecule has 1 amide bonds. The highest BCUT2D eigenvalue weighted by atomic mass is 35.5. The first-order chi connectivity index (χ1) is 12.6. The Morgan fingerprint density at radius 3 is 2.39 bits per heavy atom. The zero-order valence-electron chi connectivity index (χ0n) is 16.5. The van der Waals surface area contributed by atoms with Crippen molar-refractivity contribution in [2.45, 2.75) is 6.42 Å². The molecule has 0 atom stereocenters. The van der Waals surface area contributed by atoms with Gasteiger partial charge in [-0.15, -0.1) is 4.47 Å². The third-order valence-electron chi connectivity index (χ3n) is 4.93. The van der Waals surface area contributed by atoms with Gasteiger partial charge < -0.3 is 21.6 Å². The average molecular weight is 437 g/mol. The van der Waals surface area contributed by atoms with Crippen molar-refractivity contribution in [1.29, 1.82) is 0 Å². The second-order valence-electron chi connectivity index (χ2n) is 7.17. The summed E-state index contributed by atoms with van der Waals surface area (Å²) < 4.78 is 30.5. The van der Waals surface area contributed by atoms with Crippen LogP contribution in [0.1, 0.15) is 6.42 Å². The Bertz CT molecular complexity index is 736. The number of hydrogen-bond donors (Lipinski definition) is 2. The molecule has 0 unspecified atom stereocenters. The molecule has 9 nitrogen and oxygen atoms in total. The number of benzene rings is 1. The molecule has 0 aromatic heterocycles. The molecule has 1 aliphatic rings. The molecule has 0 radical (unpaired) electrons. The molecule has 2 rings (SSSR count). The summed E-state index contributed by atoms with van der Waals surface area (Å²) in [6.45, 7) is 4.74. The normalized spacial score (nSPS) is 16.7. The molecule has 11 heteroatoms. The fourth-order valence-electron chi connectivity index (χ4n) is 2.99. The number of hydrogen-bond acceptors (Lipinski definition) is 6. The van der Waals surface area contributed by atoms with Gasteiger partial charge in [0.15, 0.2) is 0 Å². The van der Waals surface area contributed by atoms with Crippen molar-refractivity contribution < 1.29 is 40.0 Å². The first-order valence-electron chi connectivity index (χ1n) is 8.84. The molecule has 0 saturated carbocycles. The molecule has 1 saturated heterocycles. The first kappa shape index (κ1) is 24.4. The van der Waals surface area contributed by atoms with Gasteiger partial charge in [-0.1, -0.05) is 0 Å². The number of nitrogens with one attached hydrogen (secondary N) is 1. The number of rotatable bonds is 7. The maximum atomic E-state index is 12.4. The number of carbonyl (C=O) groups excluding carboxylic acids is 1. The molecular weight excluding hydrogens is 408 g/mol. The van der Waals surface area contributed by atoms with E-state index in [0.29, 0.717) is 16.6 Å². The van der Waals surface area contributed by atoms with Crippen LogP contribution in [-0.4, -0.2) is 88.8 Å². The summed E-state index contributed by atoms with van der Waals surface area (Å²) in [4.78, 5) is 13.4. The van der Waals surface area contributed by atoms with Gasteiger partial charge in [0.25, 0.3) is 10.0 Å². The fourth-order valence-corrected chi connectivity index (χ4v) is 4.10. The second-order valence-corrected chi connectivity index (χ2v) is 9.09. The second kappa shape index (κ2) is 10.3. The summed E-state index contributed by atoms with van der Waals surface area (Å²) in [5.74, 6) is -0.130. The van der Waals surface area contributed by atoms with Gasteiger partial charge in [0.2, 0.25) is 0 Å². The van der Waals surface area contributed by atoms with Crippen LogP contribution in [0, 0.1) is 0 Å². The van der Waals surface area contributed by atoms with Crippen molar-refractivity contribution in [3.8, 4) is 0 Å². The lowest BCUT2D eigenvalue weighted by atomic mass is 10.2. The number of methoxy groups -OCH3 is 1. The SMILES string of the molecule is COC(=O)Nc1ccc(N(O)S(=O)(=O)CCC[N+]2(C)CCN(C)CC2)cc1.[Cl-]. The van der Waals surface area contributed by atoms with Gasteiger partial charge in [-0.3, -0.25) is 15.4 Å². The Hall–Kier alpha value is -1.59.